The molecule has 0 aromatic heterocycles. The molecule has 1 aromatic rings. The van der Waals surface area contributed by atoms with Gasteiger partial charge >= 0.3 is 0 Å². The topological polar surface area (TPSA) is 128 Å². The van der Waals surface area contributed by atoms with Gasteiger partial charge in [-0.2, -0.15) is 0 Å². The number of nitrogens with one attached hydrogen (secondary N) is 2. The minimum atomic E-state index is -0.713. The molecule has 10 nitrogen and oxygen atoms in total. The van der Waals surface area contributed by atoms with Crippen molar-refractivity contribution >= 4 is 29.3 Å². The molecule has 0 bridgehead atoms. The first kappa shape index (κ1) is 23.2. The number of nitrogens with zero attached hydrogens (tertiary/aromatic N) is 3. The van der Waals surface area contributed by atoms with Crippen LogP contribution in [0.3, 0.4) is 0 Å². The first-order chi connectivity index (χ1) is 15.9. The van der Waals surface area contributed by atoms with E-state index in [-0.39, 0.29) is 30.2 Å². The lowest BCUT2D eigenvalue weighted by Gasteiger charge is -2.38. The van der Waals surface area contributed by atoms with Gasteiger partial charge in [-0.05, 0) is 31.4 Å². The zero-order chi connectivity index (χ0) is 23.4. The van der Waals surface area contributed by atoms with E-state index in [1.807, 2.05) is 17.0 Å². The molecule has 0 saturated carbocycles. The number of nitrogens with two attached hydrogens (primary N) is 1. The second-order valence-corrected chi connectivity index (χ2v) is 8.98. The first-order valence-electron chi connectivity index (χ1n) is 11.6. The van der Waals surface area contributed by atoms with E-state index >= 15 is 0 Å². The highest BCUT2D eigenvalue weighted by atomic mass is 16.2. The Morgan fingerprint density at radius 1 is 1.00 bits per heavy atom. The van der Waals surface area contributed by atoms with Gasteiger partial charge in [-0.15, -0.1) is 0 Å². The number of likely N-dealkylation sites (tertiary alicyclic amines) is 1. The van der Waals surface area contributed by atoms with E-state index in [9.17, 15) is 19.2 Å². The second-order valence-electron chi connectivity index (χ2n) is 8.98. The maximum Gasteiger partial charge on any atom is 0.254 e. The molecule has 1 aromatic carbocycles. The van der Waals surface area contributed by atoms with Crippen LogP contribution < -0.4 is 21.3 Å². The van der Waals surface area contributed by atoms with Gasteiger partial charge in [0.15, 0.2) is 0 Å². The van der Waals surface area contributed by atoms with E-state index in [1.54, 1.807) is 12.1 Å². The van der Waals surface area contributed by atoms with Gasteiger partial charge in [0.05, 0.1) is 12.1 Å². The minimum Gasteiger partial charge on any atom is -0.368 e. The van der Waals surface area contributed by atoms with E-state index in [4.69, 9.17) is 5.73 Å². The van der Waals surface area contributed by atoms with E-state index in [0.29, 0.717) is 31.6 Å². The molecule has 10 heteroatoms. The lowest BCUT2D eigenvalue weighted by Crippen LogP contribution is -2.53. The normalized spacial score (nSPS) is 22.8. The summed E-state index contributed by atoms with van der Waals surface area (Å²) in [7, 11) is 0. The summed E-state index contributed by atoms with van der Waals surface area (Å²) in [5.74, 6) is -0.961. The number of benzene rings is 1. The fraction of sp³-hybridized carbons (Fsp3) is 0.565. The van der Waals surface area contributed by atoms with Crippen LogP contribution >= 0.6 is 0 Å². The summed E-state index contributed by atoms with van der Waals surface area (Å²) in [5, 5.41) is 5.02. The van der Waals surface area contributed by atoms with Crippen LogP contribution in [0.15, 0.2) is 24.3 Å². The van der Waals surface area contributed by atoms with Gasteiger partial charge in [0.25, 0.3) is 5.91 Å². The van der Waals surface area contributed by atoms with Crippen LogP contribution in [0.5, 0.6) is 0 Å². The number of hydrogen-bond donors (Lipinski definition) is 3. The zero-order valence-corrected chi connectivity index (χ0v) is 18.8. The highest BCUT2D eigenvalue weighted by molar-refractivity contribution is 6.05. The van der Waals surface area contributed by atoms with Crippen molar-refractivity contribution in [2.45, 2.75) is 37.8 Å². The molecule has 3 aliphatic heterocycles. The Bertz CT molecular complexity index is 906. The summed E-state index contributed by atoms with van der Waals surface area (Å²) in [4.78, 5) is 55.1. The van der Waals surface area contributed by atoms with Crippen molar-refractivity contribution in [1.82, 2.24) is 20.4 Å². The highest BCUT2D eigenvalue weighted by Crippen LogP contribution is 2.22. The summed E-state index contributed by atoms with van der Waals surface area (Å²) in [5.41, 5.74) is 7.24. The van der Waals surface area contributed by atoms with Crippen LogP contribution in [-0.4, -0.2) is 91.3 Å². The van der Waals surface area contributed by atoms with Crippen LogP contribution in [0.2, 0.25) is 0 Å². The molecule has 1 atom stereocenters. The quantitative estimate of drug-likeness (QED) is 0.500. The second kappa shape index (κ2) is 10.3. The van der Waals surface area contributed by atoms with Crippen molar-refractivity contribution in [3.8, 4) is 0 Å². The molecule has 0 aliphatic carbocycles. The zero-order valence-electron chi connectivity index (χ0n) is 18.8. The third-order valence-corrected chi connectivity index (χ3v) is 6.66. The van der Waals surface area contributed by atoms with E-state index in [0.717, 1.165) is 44.7 Å². The molecule has 3 saturated heterocycles. The minimum absolute atomic E-state index is 0.152. The monoisotopic (exact) mass is 456 g/mol. The fourth-order valence-corrected chi connectivity index (χ4v) is 4.60. The van der Waals surface area contributed by atoms with Crippen LogP contribution in [0.25, 0.3) is 0 Å². The Kier molecular flexibility index (Phi) is 7.24. The van der Waals surface area contributed by atoms with Crippen molar-refractivity contribution in [1.29, 1.82) is 0 Å². The number of carbonyl (C=O) groups excluding carboxylic acids is 4. The van der Waals surface area contributed by atoms with Gasteiger partial charge < -0.3 is 20.9 Å². The number of rotatable bonds is 5. The fourth-order valence-electron chi connectivity index (χ4n) is 4.60. The van der Waals surface area contributed by atoms with Gasteiger partial charge in [0.1, 0.15) is 6.04 Å². The van der Waals surface area contributed by atoms with Crippen molar-refractivity contribution < 1.29 is 19.2 Å². The van der Waals surface area contributed by atoms with Crippen molar-refractivity contribution in [2.75, 3.05) is 50.7 Å². The molecule has 178 valence electrons. The van der Waals surface area contributed by atoms with Crippen LogP contribution in [-0.2, 0) is 14.4 Å². The Morgan fingerprint density at radius 2 is 1.70 bits per heavy atom. The van der Waals surface area contributed by atoms with Crippen LogP contribution in [0.4, 0.5) is 5.69 Å². The maximum atomic E-state index is 12.9. The smallest absolute Gasteiger partial charge is 0.254 e. The van der Waals surface area contributed by atoms with Crippen molar-refractivity contribution in [3.05, 3.63) is 29.8 Å². The first-order valence-corrected chi connectivity index (χ1v) is 11.6. The molecule has 0 radical (unpaired) electrons. The van der Waals surface area contributed by atoms with Gasteiger partial charge in [0.2, 0.25) is 17.7 Å². The maximum absolute atomic E-state index is 12.9. The molecular formula is C23H32N6O4. The molecule has 0 spiro atoms. The standard InChI is InChI=1S/C23H32N6O4/c24-16-7-9-29(10-8-16)21(31)15-27-11-13-28(14-12-27)19-4-2-1-3-17(19)22(32)25-18-5-6-20(30)26-23(18)33/h1-4,16,18H,5-15,24H2,(H,25,32)(H,26,30,33). The van der Waals surface area contributed by atoms with E-state index < -0.39 is 11.9 Å². The van der Waals surface area contributed by atoms with Crippen LogP contribution in [0, 0.1) is 0 Å². The number of carbonyl (C=O) groups is 4. The van der Waals surface area contributed by atoms with Gasteiger partial charge in [0, 0.05) is 57.4 Å². The van der Waals surface area contributed by atoms with Gasteiger partial charge in [-0.3, -0.25) is 29.4 Å². The number of piperidine rings is 2. The van der Waals surface area contributed by atoms with Gasteiger partial charge in [-0.1, -0.05) is 12.1 Å². The summed E-state index contributed by atoms with van der Waals surface area (Å²) in [6.07, 6.45) is 2.23. The predicted octanol–water partition coefficient (Wildman–Crippen LogP) is -0.707. The Morgan fingerprint density at radius 3 is 2.39 bits per heavy atom. The molecule has 4 rings (SSSR count). The highest BCUT2D eigenvalue weighted by Gasteiger charge is 2.30. The SMILES string of the molecule is NC1CCN(C(=O)CN2CCN(c3ccccc3C(=O)NC3CCC(=O)NC3=O)CC2)CC1. The Labute approximate surface area is 193 Å². The Hall–Kier alpha value is -2.98. The summed E-state index contributed by atoms with van der Waals surface area (Å²) < 4.78 is 0. The number of piperazine rings is 1. The lowest BCUT2D eigenvalue weighted by atomic mass is 10.0. The van der Waals surface area contributed by atoms with E-state index in [1.165, 1.54) is 0 Å². The number of hydrogen-bond acceptors (Lipinski definition) is 7. The molecular weight excluding hydrogens is 424 g/mol. The van der Waals surface area contributed by atoms with Crippen LogP contribution in [0.1, 0.15) is 36.0 Å². The average molecular weight is 457 g/mol. The van der Waals surface area contributed by atoms with Gasteiger partial charge in [-0.25, -0.2) is 0 Å². The number of amides is 4. The van der Waals surface area contributed by atoms with Crippen molar-refractivity contribution in [3.63, 3.8) is 0 Å². The van der Waals surface area contributed by atoms with E-state index in [2.05, 4.69) is 20.4 Å². The predicted molar refractivity (Wildman–Crippen MR) is 123 cm³/mol. The number of imide groups is 1. The molecule has 3 heterocycles. The summed E-state index contributed by atoms with van der Waals surface area (Å²) in [6.45, 7) is 4.71. The largest absolute Gasteiger partial charge is 0.368 e. The molecule has 3 aliphatic rings. The third kappa shape index (κ3) is 5.69. The molecule has 3 fully saturated rings. The third-order valence-electron chi connectivity index (χ3n) is 6.66. The molecule has 4 amide bonds. The molecule has 1 unspecified atom stereocenters. The molecule has 33 heavy (non-hydrogen) atoms. The Balaban J connectivity index is 1.32. The average Bonchev–Trinajstić information content (AvgIpc) is 2.82. The number of para-hydroxylation sites is 1. The molecule has 4 N–H and O–H groups in total. The lowest BCUT2D eigenvalue weighted by molar-refractivity contribution is -0.135. The summed E-state index contributed by atoms with van der Waals surface area (Å²) in [6, 6.07) is 6.81. The summed E-state index contributed by atoms with van der Waals surface area (Å²) >= 11 is 0. The van der Waals surface area contributed by atoms with Crippen molar-refractivity contribution in [2.24, 2.45) is 5.73 Å². The number of anilines is 1.